The second-order valence-corrected chi connectivity index (χ2v) is 7.31. The Kier molecular flexibility index (Phi) is 6.52. The van der Waals surface area contributed by atoms with Crippen molar-refractivity contribution in [1.82, 2.24) is 14.8 Å². The topological polar surface area (TPSA) is 57.7 Å². The van der Waals surface area contributed by atoms with E-state index in [0.717, 1.165) is 38.9 Å². The van der Waals surface area contributed by atoms with Gasteiger partial charge in [0.2, 0.25) is 5.91 Å². The number of rotatable bonds is 7. The fourth-order valence-electron chi connectivity index (χ4n) is 3.33. The number of likely N-dealkylation sites (N-methyl/N-ethyl adjacent to an activating group) is 1. The maximum absolute atomic E-state index is 12.5. The van der Waals surface area contributed by atoms with Crippen LogP contribution < -0.4 is 5.32 Å². The average Bonchev–Trinajstić information content (AvgIpc) is 3.02. The lowest BCUT2D eigenvalue weighted by Crippen LogP contribution is -2.55. The lowest BCUT2D eigenvalue weighted by molar-refractivity contribution is -0.125. The molecule has 1 N–H and O–H groups in total. The predicted molar refractivity (Wildman–Crippen MR) is 93.9 cm³/mol. The number of ether oxygens (including phenoxy) is 1. The van der Waals surface area contributed by atoms with Crippen molar-refractivity contribution in [2.75, 3.05) is 46.2 Å². The van der Waals surface area contributed by atoms with Crippen LogP contribution in [0.15, 0.2) is 11.6 Å². The van der Waals surface area contributed by atoms with E-state index in [9.17, 15) is 4.79 Å². The zero-order chi connectivity index (χ0) is 16.9. The first kappa shape index (κ1) is 18.3. The van der Waals surface area contributed by atoms with Crippen molar-refractivity contribution in [1.29, 1.82) is 0 Å². The van der Waals surface area contributed by atoms with Crippen molar-refractivity contribution >= 4 is 22.4 Å². The summed E-state index contributed by atoms with van der Waals surface area (Å²) in [4.78, 5) is 21.1. The van der Waals surface area contributed by atoms with E-state index in [-0.39, 0.29) is 17.6 Å². The Hall–Kier alpha value is -1.02. The number of likely N-dealkylation sites (tertiary alicyclic amines) is 1. The van der Waals surface area contributed by atoms with Crippen LogP contribution in [-0.2, 0) is 9.53 Å². The number of carbonyl (C=O) groups excluding carboxylic acids is 1. The molecule has 7 heteroatoms. The summed E-state index contributed by atoms with van der Waals surface area (Å²) in [6.07, 6.45) is 4.40. The van der Waals surface area contributed by atoms with Crippen molar-refractivity contribution in [3.63, 3.8) is 0 Å². The normalized spacial score (nSPS) is 19.7. The maximum Gasteiger partial charge on any atom is 0.243 e. The van der Waals surface area contributed by atoms with Gasteiger partial charge >= 0.3 is 0 Å². The van der Waals surface area contributed by atoms with Crippen LogP contribution in [0.4, 0.5) is 5.13 Å². The number of carbonyl (C=O) groups is 1. The maximum atomic E-state index is 12.5. The smallest absolute Gasteiger partial charge is 0.243 e. The van der Waals surface area contributed by atoms with Crippen molar-refractivity contribution in [2.45, 2.75) is 37.8 Å². The molecule has 0 aliphatic carbocycles. The van der Waals surface area contributed by atoms with Crippen LogP contribution in [0.1, 0.15) is 26.2 Å². The first-order valence-electron chi connectivity index (χ1n) is 8.14. The number of amides is 1. The van der Waals surface area contributed by atoms with Gasteiger partial charge < -0.3 is 15.0 Å². The number of piperidine rings is 1. The Balaban J connectivity index is 1.94. The van der Waals surface area contributed by atoms with Gasteiger partial charge in [-0.3, -0.25) is 9.69 Å². The zero-order valence-electron chi connectivity index (χ0n) is 14.5. The van der Waals surface area contributed by atoms with Crippen LogP contribution in [-0.4, -0.2) is 73.2 Å². The van der Waals surface area contributed by atoms with Gasteiger partial charge in [-0.2, -0.15) is 0 Å². The Labute approximate surface area is 142 Å². The minimum Gasteiger partial charge on any atom is -0.377 e. The molecule has 0 aromatic carbocycles. The number of nitrogens with zero attached hydrogens (tertiary/aromatic N) is 3. The van der Waals surface area contributed by atoms with E-state index >= 15 is 0 Å². The molecule has 0 saturated carbocycles. The molecule has 1 aliphatic rings. The fraction of sp³-hybridized carbons (Fsp3) is 0.750. The molecule has 6 nitrogen and oxygen atoms in total. The van der Waals surface area contributed by atoms with E-state index in [2.05, 4.69) is 41.1 Å². The molecule has 1 aliphatic heterocycles. The third-order valence-electron chi connectivity index (χ3n) is 4.54. The summed E-state index contributed by atoms with van der Waals surface area (Å²) < 4.78 is 5.82. The van der Waals surface area contributed by atoms with Crippen LogP contribution in [0.5, 0.6) is 0 Å². The zero-order valence-corrected chi connectivity index (χ0v) is 15.4. The van der Waals surface area contributed by atoms with Crippen molar-refractivity contribution in [3.8, 4) is 0 Å². The molecule has 2 rings (SSSR count). The van der Waals surface area contributed by atoms with Crippen molar-refractivity contribution < 1.29 is 9.53 Å². The summed E-state index contributed by atoms with van der Waals surface area (Å²) in [6.45, 7) is 4.74. The predicted octanol–water partition coefficient (Wildman–Crippen LogP) is 1.90. The molecule has 23 heavy (non-hydrogen) atoms. The first-order chi connectivity index (χ1) is 11.0. The summed E-state index contributed by atoms with van der Waals surface area (Å²) in [6, 6.07) is -0.104. The number of aromatic nitrogens is 1. The summed E-state index contributed by atoms with van der Waals surface area (Å²) >= 11 is 1.45. The van der Waals surface area contributed by atoms with Gasteiger partial charge in [0, 0.05) is 38.3 Å². The standard InChI is InChI=1S/C16H28N4O2S/c1-5-13(14(21)18-15-17-8-11-23-15)20-9-6-16(22-4,7-10-20)12-19(2)3/h8,11,13H,5-7,9-10,12H2,1-4H3,(H,17,18,21). The van der Waals surface area contributed by atoms with Gasteiger partial charge in [-0.1, -0.05) is 6.92 Å². The second kappa shape index (κ2) is 8.19. The molecular formula is C16H28N4O2S. The lowest BCUT2D eigenvalue weighted by atomic mass is 9.89. The number of thiazole rings is 1. The SMILES string of the molecule is CCC(C(=O)Nc1nccs1)N1CCC(CN(C)C)(OC)CC1. The van der Waals surface area contributed by atoms with E-state index in [1.165, 1.54) is 11.3 Å². The van der Waals surface area contributed by atoms with Crippen LogP contribution in [0.25, 0.3) is 0 Å². The third-order valence-corrected chi connectivity index (χ3v) is 5.23. The Morgan fingerprint density at radius 1 is 1.52 bits per heavy atom. The van der Waals surface area contributed by atoms with Gasteiger partial charge in [0.1, 0.15) is 0 Å². The molecule has 1 unspecified atom stereocenters. The number of anilines is 1. The fourth-order valence-corrected chi connectivity index (χ4v) is 3.86. The van der Waals surface area contributed by atoms with E-state index in [0.29, 0.717) is 5.13 Å². The highest BCUT2D eigenvalue weighted by atomic mass is 32.1. The number of hydrogen-bond donors (Lipinski definition) is 1. The molecule has 130 valence electrons. The van der Waals surface area contributed by atoms with E-state index in [1.54, 1.807) is 13.3 Å². The highest BCUT2D eigenvalue weighted by Gasteiger charge is 2.38. The molecular weight excluding hydrogens is 312 g/mol. The minimum atomic E-state index is -0.104. The molecule has 0 radical (unpaired) electrons. The molecule has 1 atom stereocenters. The number of methoxy groups -OCH3 is 1. The molecule has 1 saturated heterocycles. The van der Waals surface area contributed by atoms with Crippen LogP contribution in [0.3, 0.4) is 0 Å². The minimum absolute atomic E-state index is 0.0416. The molecule has 0 spiro atoms. The van der Waals surface area contributed by atoms with Gasteiger partial charge in [-0.05, 0) is 33.4 Å². The molecule has 1 amide bonds. The molecule has 0 bridgehead atoms. The number of hydrogen-bond acceptors (Lipinski definition) is 6. The Bertz CT molecular complexity index is 484. The molecule has 1 aromatic heterocycles. The first-order valence-corrected chi connectivity index (χ1v) is 9.02. The third kappa shape index (κ3) is 4.73. The quantitative estimate of drug-likeness (QED) is 0.822. The molecule has 1 aromatic rings. The Morgan fingerprint density at radius 2 is 2.22 bits per heavy atom. The van der Waals surface area contributed by atoms with Gasteiger partial charge in [0.15, 0.2) is 5.13 Å². The lowest BCUT2D eigenvalue weighted by Gasteiger charge is -2.44. The van der Waals surface area contributed by atoms with Gasteiger partial charge in [0.05, 0.1) is 11.6 Å². The van der Waals surface area contributed by atoms with Gasteiger partial charge in [-0.15, -0.1) is 11.3 Å². The van der Waals surface area contributed by atoms with E-state index in [4.69, 9.17) is 4.74 Å². The van der Waals surface area contributed by atoms with Crippen molar-refractivity contribution in [3.05, 3.63) is 11.6 Å². The molecule has 1 fully saturated rings. The van der Waals surface area contributed by atoms with Crippen LogP contribution >= 0.6 is 11.3 Å². The summed E-state index contributed by atoms with van der Waals surface area (Å²) in [5.74, 6) is 0.0416. The average molecular weight is 340 g/mol. The second-order valence-electron chi connectivity index (χ2n) is 6.41. The van der Waals surface area contributed by atoms with Crippen molar-refractivity contribution in [2.24, 2.45) is 0 Å². The monoisotopic (exact) mass is 340 g/mol. The largest absolute Gasteiger partial charge is 0.377 e. The van der Waals surface area contributed by atoms with Gasteiger partial charge in [0.25, 0.3) is 0 Å². The van der Waals surface area contributed by atoms with Crippen LogP contribution in [0.2, 0.25) is 0 Å². The highest BCUT2D eigenvalue weighted by Crippen LogP contribution is 2.28. The number of nitrogens with one attached hydrogen (secondary N) is 1. The van der Waals surface area contributed by atoms with Gasteiger partial charge in [-0.25, -0.2) is 4.98 Å². The summed E-state index contributed by atoms with van der Waals surface area (Å²) in [7, 11) is 5.94. The highest BCUT2D eigenvalue weighted by molar-refractivity contribution is 7.13. The van der Waals surface area contributed by atoms with Crippen LogP contribution in [0, 0.1) is 0 Å². The van der Waals surface area contributed by atoms with E-state index in [1.807, 2.05) is 5.38 Å². The summed E-state index contributed by atoms with van der Waals surface area (Å²) in [5, 5.41) is 5.46. The summed E-state index contributed by atoms with van der Waals surface area (Å²) in [5.41, 5.74) is -0.0932. The molecule has 2 heterocycles. The Morgan fingerprint density at radius 3 is 2.70 bits per heavy atom. The van der Waals surface area contributed by atoms with E-state index < -0.39 is 0 Å².